The minimum absolute atomic E-state index is 0.123. The number of halogens is 2. The highest BCUT2D eigenvalue weighted by atomic mass is 19.1. The van der Waals surface area contributed by atoms with Crippen LogP contribution in [0.25, 0.3) is 10.9 Å². The summed E-state index contributed by atoms with van der Waals surface area (Å²) in [5.41, 5.74) is -0.135. The number of nitro groups is 1. The predicted octanol–water partition coefficient (Wildman–Crippen LogP) is 2.05. The number of hydrogen-bond acceptors (Lipinski definition) is 3. The maximum Gasteiger partial charge on any atom is 0.283 e. The molecule has 0 spiro atoms. The van der Waals surface area contributed by atoms with Gasteiger partial charge in [-0.3, -0.25) is 14.8 Å². The van der Waals surface area contributed by atoms with Crippen LogP contribution < -0.4 is 0 Å². The fourth-order valence-corrected chi connectivity index (χ4v) is 1.57. The molecule has 0 aliphatic heterocycles. The summed E-state index contributed by atoms with van der Waals surface area (Å²) in [6.07, 6.45) is 0. The first kappa shape index (κ1) is 10.5. The molecule has 1 aromatic carbocycles. The van der Waals surface area contributed by atoms with Crippen molar-refractivity contribution in [1.82, 2.24) is 9.78 Å². The molecule has 0 unspecified atom stereocenters. The van der Waals surface area contributed by atoms with E-state index in [0.29, 0.717) is 0 Å². The van der Waals surface area contributed by atoms with E-state index in [2.05, 4.69) is 5.10 Å². The van der Waals surface area contributed by atoms with Gasteiger partial charge < -0.3 is 0 Å². The number of nitro benzene ring substituents is 1. The molecule has 0 fully saturated rings. The molecule has 0 aliphatic carbocycles. The number of non-ortho nitro benzene ring substituents is 1. The van der Waals surface area contributed by atoms with Gasteiger partial charge in [-0.05, 0) is 6.07 Å². The second kappa shape index (κ2) is 3.84. The molecule has 0 saturated carbocycles. The standard InChI is InChI=1S/C9H7F2N3O2/c10-4-5-13-6-2-1-3-7(14(15)16)8(6)9(11)12-13/h1-3H,4-5H2. The van der Waals surface area contributed by atoms with Crippen molar-refractivity contribution < 1.29 is 13.7 Å². The summed E-state index contributed by atoms with van der Waals surface area (Å²) < 4.78 is 26.6. The van der Waals surface area contributed by atoms with E-state index in [1.807, 2.05) is 0 Å². The summed E-state index contributed by atoms with van der Waals surface area (Å²) >= 11 is 0. The molecule has 2 rings (SSSR count). The molecule has 0 aliphatic rings. The molecular formula is C9H7F2N3O2. The lowest BCUT2D eigenvalue weighted by molar-refractivity contribution is -0.383. The lowest BCUT2D eigenvalue weighted by Gasteiger charge is -1.98. The van der Waals surface area contributed by atoms with Crippen LogP contribution in [-0.4, -0.2) is 21.4 Å². The van der Waals surface area contributed by atoms with Crippen molar-refractivity contribution in [2.45, 2.75) is 6.54 Å². The van der Waals surface area contributed by atoms with Crippen LogP contribution in [0.3, 0.4) is 0 Å². The van der Waals surface area contributed by atoms with E-state index < -0.39 is 17.5 Å². The van der Waals surface area contributed by atoms with Gasteiger partial charge in [0.2, 0.25) is 5.95 Å². The number of hydrogen-bond donors (Lipinski definition) is 0. The minimum atomic E-state index is -0.948. The van der Waals surface area contributed by atoms with E-state index in [9.17, 15) is 18.9 Å². The lowest BCUT2D eigenvalue weighted by Crippen LogP contribution is -2.01. The molecule has 5 nitrogen and oxygen atoms in total. The van der Waals surface area contributed by atoms with Crippen LogP contribution in [0.4, 0.5) is 14.5 Å². The Balaban J connectivity index is 2.74. The zero-order chi connectivity index (χ0) is 11.7. The van der Waals surface area contributed by atoms with Crippen LogP contribution in [0.1, 0.15) is 0 Å². The van der Waals surface area contributed by atoms with Crippen LogP contribution in [0.5, 0.6) is 0 Å². The molecule has 2 aromatic rings. The maximum atomic E-state index is 13.4. The van der Waals surface area contributed by atoms with Crippen LogP contribution in [-0.2, 0) is 6.54 Å². The van der Waals surface area contributed by atoms with E-state index in [4.69, 9.17) is 0 Å². The molecule has 0 saturated heterocycles. The van der Waals surface area contributed by atoms with Crippen molar-refractivity contribution in [3.8, 4) is 0 Å². The highest BCUT2D eigenvalue weighted by Gasteiger charge is 2.20. The van der Waals surface area contributed by atoms with E-state index in [1.54, 1.807) is 0 Å². The molecule has 0 radical (unpaired) electrons. The highest BCUT2D eigenvalue weighted by molar-refractivity contribution is 5.88. The van der Waals surface area contributed by atoms with Gasteiger partial charge in [0.05, 0.1) is 17.0 Å². The summed E-state index contributed by atoms with van der Waals surface area (Å²) in [6, 6.07) is 4.07. The Morgan fingerprint density at radius 3 is 2.88 bits per heavy atom. The van der Waals surface area contributed by atoms with Crippen LogP contribution in [0, 0.1) is 16.1 Å². The maximum absolute atomic E-state index is 13.4. The number of aromatic nitrogens is 2. The Morgan fingerprint density at radius 1 is 1.50 bits per heavy atom. The normalized spacial score (nSPS) is 10.9. The number of nitrogens with zero attached hydrogens (tertiary/aromatic N) is 3. The second-order valence-electron chi connectivity index (χ2n) is 3.13. The summed E-state index contributed by atoms with van der Waals surface area (Å²) in [5, 5.41) is 13.9. The Kier molecular flexibility index (Phi) is 2.51. The first-order valence-corrected chi connectivity index (χ1v) is 4.50. The zero-order valence-corrected chi connectivity index (χ0v) is 8.06. The number of alkyl halides is 1. The Bertz CT molecular complexity index is 553. The van der Waals surface area contributed by atoms with Gasteiger partial charge in [-0.2, -0.15) is 4.39 Å². The smallest absolute Gasteiger partial charge is 0.259 e. The van der Waals surface area contributed by atoms with Crippen LogP contribution >= 0.6 is 0 Å². The summed E-state index contributed by atoms with van der Waals surface area (Å²) in [5.74, 6) is -0.948. The second-order valence-corrected chi connectivity index (χ2v) is 3.13. The summed E-state index contributed by atoms with van der Waals surface area (Å²) in [7, 11) is 0. The van der Waals surface area contributed by atoms with Gasteiger partial charge in [0.1, 0.15) is 12.1 Å². The predicted molar refractivity (Wildman–Crippen MR) is 52.3 cm³/mol. The third-order valence-corrected chi connectivity index (χ3v) is 2.21. The third-order valence-electron chi connectivity index (χ3n) is 2.21. The molecule has 7 heteroatoms. The van der Waals surface area contributed by atoms with E-state index in [1.165, 1.54) is 18.2 Å². The average Bonchev–Trinajstić information content (AvgIpc) is 2.57. The monoisotopic (exact) mass is 227 g/mol. The van der Waals surface area contributed by atoms with Gasteiger partial charge >= 0.3 is 0 Å². The van der Waals surface area contributed by atoms with Gasteiger partial charge in [-0.15, -0.1) is 5.10 Å². The quantitative estimate of drug-likeness (QED) is 0.595. The Morgan fingerprint density at radius 2 is 2.25 bits per heavy atom. The van der Waals surface area contributed by atoms with Crippen molar-refractivity contribution in [3.63, 3.8) is 0 Å². The van der Waals surface area contributed by atoms with Crippen LogP contribution in [0.15, 0.2) is 18.2 Å². The SMILES string of the molecule is O=[N+]([O-])c1cccc2c1c(F)nn2CCF. The molecular weight excluding hydrogens is 220 g/mol. The average molecular weight is 227 g/mol. The number of aryl methyl sites for hydroxylation is 1. The summed E-state index contributed by atoms with van der Waals surface area (Å²) in [4.78, 5) is 9.97. The van der Waals surface area contributed by atoms with Crippen molar-refractivity contribution in [3.05, 3.63) is 34.3 Å². The molecule has 0 amide bonds. The van der Waals surface area contributed by atoms with Crippen molar-refractivity contribution in [2.75, 3.05) is 6.67 Å². The molecule has 84 valence electrons. The van der Waals surface area contributed by atoms with Gasteiger partial charge in [0.25, 0.3) is 5.69 Å². The third kappa shape index (κ3) is 1.50. The zero-order valence-electron chi connectivity index (χ0n) is 8.06. The van der Waals surface area contributed by atoms with Gasteiger partial charge in [-0.1, -0.05) is 6.07 Å². The molecule has 1 aromatic heterocycles. The fraction of sp³-hybridized carbons (Fsp3) is 0.222. The van der Waals surface area contributed by atoms with E-state index in [0.717, 1.165) is 4.68 Å². The molecule has 0 bridgehead atoms. The van der Waals surface area contributed by atoms with E-state index >= 15 is 0 Å². The van der Waals surface area contributed by atoms with Gasteiger partial charge in [-0.25, -0.2) is 4.39 Å². The van der Waals surface area contributed by atoms with Crippen molar-refractivity contribution in [1.29, 1.82) is 0 Å². The number of rotatable bonds is 3. The van der Waals surface area contributed by atoms with Gasteiger partial charge in [0.15, 0.2) is 0 Å². The Labute approximate surface area is 88.4 Å². The number of benzene rings is 1. The molecule has 1 heterocycles. The first-order valence-electron chi connectivity index (χ1n) is 4.50. The van der Waals surface area contributed by atoms with Crippen LogP contribution in [0.2, 0.25) is 0 Å². The first-order chi connectivity index (χ1) is 7.65. The lowest BCUT2D eigenvalue weighted by atomic mass is 10.2. The Hall–Kier alpha value is -2.05. The largest absolute Gasteiger partial charge is 0.283 e. The summed E-state index contributed by atoms with van der Waals surface area (Å²) in [6.45, 7) is -0.833. The highest BCUT2D eigenvalue weighted by Crippen LogP contribution is 2.27. The van der Waals surface area contributed by atoms with Crippen molar-refractivity contribution in [2.24, 2.45) is 0 Å². The fourth-order valence-electron chi connectivity index (χ4n) is 1.57. The molecule has 0 atom stereocenters. The minimum Gasteiger partial charge on any atom is -0.259 e. The van der Waals surface area contributed by atoms with E-state index in [-0.39, 0.29) is 23.1 Å². The number of fused-ring (bicyclic) bond motifs is 1. The molecule has 16 heavy (non-hydrogen) atoms. The van der Waals surface area contributed by atoms with Gasteiger partial charge in [0, 0.05) is 6.07 Å². The topological polar surface area (TPSA) is 61.0 Å². The van der Waals surface area contributed by atoms with Crippen molar-refractivity contribution >= 4 is 16.6 Å². The molecule has 0 N–H and O–H groups in total.